The number of nitrogens with zero attached hydrogens (tertiary/aromatic N) is 3. The van der Waals surface area contributed by atoms with Crippen LogP contribution in [0.25, 0.3) is 0 Å². The zero-order valence-corrected chi connectivity index (χ0v) is 9.90. The topological polar surface area (TPSA) is 99.0 Å². The summed E-state index contributed by atoms with van der Waals surface area (Å²) in [4.78, 5) is 15.4. The van der Waals surface area contributed by atoms with E-state index in [1.807, 2.05) is 5.43 Å². The molecule has 2 heterocycles. The number of carbonyl (C=O) groups excluding carboxylic acids is 1. The van der Waals surface area contributed by atoms with Crippen LogP contribution in [0, 0.1) is 0 Å². The van der Waals surface area contributed by atoms with Gasteiger partial charge in [0, 0.05) is 18.4 Å². The first-order chi connectivity index (χ1) is 8.22. The van der Waals surface area contributed by atoms with Gasteiger partial charge in [-0.2, -0.15) is 5.10 Å². The van der Waals surface area contributed by atoms with E-state index >= 15 is 0 Å². The lowest BCUT2D eigenvalue weighted by Gasteiger charge is -2.01. The Kier molecular flexibility index (Phi) is 3.45. The zero-order valence-electron chi connectivity index (χ0n) is 9.08. The van der Waals surface area contributed by atoms with E-state index in [0.29, 0.717) is 5.75 Å². The first-order valence-electron chi connectivity index (χ1n) is 4.76. The Bertz CT molecular complexity index is 521. The summed E-state index contributed by atoms with van der Waals surface area (Å²) in [6, 6.07) is 1.73. The number of rotatable bonds is 4. The number of furan rings is 1. The van der Waals surface area contributed by atoms with E-state index in [2.05, 4.69) is 10.1 Å². The van der Waals surface area contributed by atoms with Gasteiger partial charge in [-0.05, 0) is 6.07 Å². The Labute approximate surface area is 101 Å². The van der Waals surface area contributed by atoms with Crippen LogP contribution >= 0.6 is 11.8 Å². The van der Waals surface area contributed by atoms with Crippen LogP contribution in [0.4, 0.5) is 0 Å². The highest BCUT2D eigenvalue weighted by atomic mass is 32.2. The molecule has 0 atom stereocenters. The molecule has 2 aromatic heterocycles. The van der Waals surface area contributed by atoms with E-state index < -0.39 is 5.91 Å². The fourth-order valence-corrected chi connectivity index (χ4v) is 2.14. The van der Waals surface area contributed by atoms with Crippen molar-refractivity contribution in [2.24, 2.45) is 12.9 Å². The molecule has 0 bridgehead atoms. The normalized spacial score (nSPS) is 10.5. The SMILES string of the molecule is Cn1ncnc1SCc1ccoc1C(=O)NN. The van der Waals surface area contributed by atoms with Crippen LogP contribution in [0.3, 0.4) is 0 Å². The molecule has 17 heavy (non-hydrogen) atoms. The lowest BCUT2D eigenvalue weighted by atomic mass is 10.3. The predicted molar refractivity (Wildman–Crippen MR) is 60.9 cm³/mol. The second kappa shape index (κ2) is 5.02. The summed E-state index contributed by atoms with van der Waals surface area (Å²) in [5.41, 5.74) is 2.80. The highest BCUT2D eigenvalue weighted by Crippen LogP contribution is 2.22. The number of hydrazine groups is 1. The summed E-state index contributed by atoms with van der Waals surface area (Å²) >= 11 is 1.46. The van der Waals surface area contributed by atoms with Crippen molar-refractivity contribution in [1.82, 2.24) is 20.2 Å². The maximum atomic E-state index is 11.4. The second-order valence-corrected chi connectivity index (χ2v) is 4.15. The van der Waals surface area contributed by atoms with E-state index in [0.717, 1.165) is 10.7 Å². The Morgan fingerprint density at radius 2 is 2.53 bits per heavy atom. The van der Waals surface area contributed by atoms with Crippen molar-refractivity contribution in [3.05, 3.63) is 30.0 Å². The molecular formula is C9H11N5O2S. The van der Waals surface area contributed by atoms with Gasteiger partial charge in [0.2, 0.25) is 0 Å². The van der Waals surface area contributed by atoms with Crippen molar-refractivity contribution in [3.8, 4) is 0 Å². The molecule has 0 aliphatic rings. The molecule has 0 spiro atoms. The number of nitrogens with two attached hydrogens (primary N) is 1. The van der Waals surface area contributed by atoms with Crippen LogP contribution < -0.4 is 11.3 Å². The summed E-state index contributed by atoms with van der Waals surface area (Å²) in [7, 11) is 1.80. The lowest BCUT2D eigenvalue weighted by Crippen LogP contribution is -2.30. The molecule has 0 aliphatic heterocycles. The first kappa shape index (κ1) is 11.7. The molecule has 0 saturated heterocycles. The minimum atomic E-state index is -0.441. The summed E-state index contributed by atoms with van der Waals surface area (Å²) in [5, 5.41) is 4.72. The minimum Gasteiger partial charge on any atom is -0.459 e. The first-order valence-corrected chi connectivity index (χ1v) is 5.75. The number of amides is 1. The fourth-order valence-electron chi connectivity index (χ4n) is 1.27. The van der Waals surface area contributed by atoms with Gasteiger partial charge in [-0.25, -0.2) is 15.5 Å². The maximum Gasteiger partial charge on any atom is 0.301 e. The van der Waals surface area contributed by atoms with Crippen LogP contribution in [-0.2, 0) is 12.8 Å². The molecule has 0 saturated carbocycles. The third kappa shape index (κ3) is 2.48. The van der Waals surface area contributed by atoms with Gasteiger partial charge in [0.1, 0.15) is 6.33 Å². The molecule has 0 unspecified atom stereocenters. The molecule has 90 valence electrons. The molecule has 0 fully saturated rings. The van der Waals surface area contributed by atoms with Gasteiger partial charge in [0.25, 0.3) is 0 Å². The van der Waals surface area contributed by atoms with E-state index in [4.69, 9.17) is 10.3 Å². The van der Waals surface area contributed by atoms with Crippen molar-refractivity contribution in [2.75, 3.05) is 0 Å². The highest BCUT2D eigenvalue weighted by molar-refractivity contribution is 7.98. The van der Waals surface area contributed by atoms with Crippen LogP contribution in [0.15, 0.2) is 28.2 Å². The zero-order chi connectivity index (χ0) is 12.3. The quantitative estimate of drug-likeness (QED) is 0.352. The molecule has 0 radical (unpaired) electrons. The number of aromatic nitrogens is 3. The van der Waals surface area contributed by atoms with Crippen molar-refractivity contribution in [3.63, 3.8) is 0 Å². The number of nitrogen functional groups attached to an aromatic ring is 1. The molecule has 8 heteroatoms. The molecular weight excluding hydrogens is 242 g/mol. The van der Waals surface area contributed by atoms with Crippen LogP contribution in [0.2, 0.25) is 0 Å². The van der Waals surface area contributed by atoms with Crippen molar-refractivity contribution in [1.29, 1.82) is 0 Å². The van der Waals surface area contributed by atoms with Gasteiger partial charge in [0.05, 0.1) is 6.26 Å². The number of thioether (sulfide) groups is 1. The minimum absolute atomic E-state index is 0.224. The Hall–Kier alpha value is -1.80. The number of hydrogen-bond donors (Lipinski definition) is 2. The molecule has 7 nitrogen and oxygen atoms in total. The maximum absolute atomic E-state index is 11.4. The van der Waals surface area contributed by atoms with E-state index in [9.17, 15) is 4.79 Å². The largest absolute Gasteiger partial charge is 0.459 e. The summed E-state index contributed by atoms with van der Waals surface area (Å²) < 4.78 is 6.73. The number of aryl methyl sites for hydroxylation is 1. The second-order valence-electron chi connectivity index (χ2n) is 3.20. The van der Waals surface area contributed by atoms with Gasteiger partial charge in [-0.3, -0.25) is 10.2 Å². The fraction of sp³-hybridized carbons (Fsp3) is 0.222. The molecule has 2 aromatic rings. The molecule has 1 amide bonds. The van der Waals surface area contributed by atoms with Crippen molar-refractivity contribution >= 4 is 17.7 Å². The monoisotopic (exact) mass is 253 g/mol. The summed E-state index contributed by atoms with van der Waals surface area (Å²) in [6.07, 6.45) is 2.93. The Morgan fingerprint density at radius 3 is 3.18 bits per heavy atom. The number of carbonyl (C=O) groups is 1. The van der Waals surface area contributed by atoms with Crippen LogP contribution in [0.5, 0.6) is 0 Å². The third-order valence-corrected chi connectivity index (χ3v) is 3.19. The average molecular weight is 253 g/mol. The standard InChI is InChI=1S/C9H11N5O2S/c1-14-9(11-5-12-14)17-4-6-2-3-16-7(6)8(15)13-10/h2-3,5H,4,10H2,1H3,(H,13,15). The van der Waals surface area contributed by atoms with E-state index in [1.54, 1.807) is 17.8 Å². The van der Waals surface area contributed by atoms with Crippen molar-refractivity contribution in [2.45, 2.75) is 10.9 Å². The lowest BCUT2D eigenvalue weighted by molar-refractivity contribution is 0.0925. The van der Waals surface area contributed by atoms with Gasteiger partial charge >= 0.3 is 5.91 Å². The van der Waals surface area contributed by atoms with Gasteiger partial charge in [-0.15, -0.1) is 0 Å². The van der Waals surface area contributed by atoms with E-state index in [-0.39, 0.29) is 5.76 Å². The summed E-state index contributed by atoms with van der Waals surface area (Å²) in [5.74, 6) is 5.40. The smallest absolute Gasteiger partial charge is 0.301 e. The predicted octanol–water partition coefficient (Wildman–Crippen LogP) is 0.304. The van der Waals surface area contributed by atoms with Crippen molar-refractivity contribution < 1.29 is 9.21 Å². The van der Waals surface area contributed by atoms with Gasteiger partial charge in [0.15, 0.2) is 10.9 Å². The summed E-state index contributed by atoms with van der Waals surface area (Å²) in [6.45, 7) is 0. The Morgan fingerprint density at radius 1 is 1.71 bits per heavy atom. The molecule has 2 rings (SSSR count). The van der Waals surface area contributed by atoms with Crippen LogP contribution in [-0.4, -0.2) is 20.7 Å². The molecule has 0 aromatic carbocycles. The highest BCUT2D eigenvalue weighted by Gasteiger charge is 2.15. The van der Waals surface area contributed by atoms with Crippen LogP contribution in [0.1, 0.15) is 16.1 Å². The van der Waals surface area contributed by atoms with E-state index in [1.165, 1.54) is 24.4 Å². The molecule has 3 N–H and O–H groups in total. The average Bonchev–Trinajstić information content (AvgIpc) is 2.94. The number of hydrogen-bond acceptors (Lipinski definition) is 6. The third-order valence-electron chi connectivity index (χ3n) is 2.11. The Balaban J connectivity index is 2.07. The number of nitrogens with one attached hydrogen (secondary N) is 1. The van der Waals surface area contributed by atoms with Gasteiger partial charge < -0.3 is 4.42 Å². The van der Waals surface area contributed by atoms with Gasteiger partial charge in [-0.1, -0.05) is 11.8 Å². The molecule has 0 aliphatic carbocycles.